The summed E-state index contributed by atoms with van der Waals surface area (Å²) < 4.78 is 5.15. The molecule has 2 heterocycles. The zero-order chi connectivity index (χ0) is 18.7. The predicted molar refractivity (Wildman–Crippen MR) is 92.9 cm³/mol. The number of hydrogen-bond donors (Lipinski definition) is 2. The lowest BCUT2D eigenvalue weighted by Crippen LogP contribution is -2.30. The third-order valence-corrected chi connectivity index (χ3v) is 4.74. The number of nitrogens with zero attached hydrogens (tertiary/aromatic N) is 3. The van der Waals surface area contributed by atoms with Gasteiger partial charge in [-0.15, -0.1) is 0 Å². The van der Waals surface area contributed by atoms with Crippen LogP contribution in [0.3, 0.4) is 0 Å². The van der Waals surface area contributed by atoms with Crippen LogP contribution >= 0.6 is 0 Å². The Bertz CT molecular complexity index is 787. The van der Waals surface area contributed by atoms with Crippen LogP contribution in [0, 0.1) is 12.8 Å². The maximum atomic E-state index is 12.5. The van der Waals surface area contributed by atoms with E-state index in [0.717, 1.165) is 5.56 Å². The van der Waals surface area contributed by atoms with Gasteiger partial charge in [-0.1, -0.05) is 12.1 Å². The predicted octanol–water partition coefficient (Wildman–Crippen LogP) is 1.38. The number of amides is 1. The minimum Gasteiger partial charge on any atom is -0.497 e. The number of carbonyl (C=O) groups is 2. The molecular weight excluding hydrogens is 336 g/mol. The number of aromatic nitrogens is 3. The maximum Gasteiger partial charge on any atom is 0.308 e. The minimum atomic E-state index is -0.884. The van der Waals surface area contributed by atoms with Gasteiger partial charge >= 0.3 is 5.97 Å². The Morgan fingerprint density at radius 3 is 2.62 bits per heavy atom. The molecule has 0 radical (unpaired) electrons. The Morgan fingerprint density at radius 2 is 2.04 bits per heavy atom. The average molecular weight is 358 g/mol. The Hall–Kier alpha value is -2.90. The fourth-order valence-corrected chi connectivity index (χ4v) is 3.32. The first-order valence-corrected chi connectivity index (χ1v) is 8.50. The Balaban J connectivity index is 1.67. The van der Waals surface area contributed by atoms with Crippen LogP contribution in [-0.2, 0) is 16.0 Å². The van der Waals surface area contributed by atoms with Crippen molar-refractivity contribution in [2.24, 2.45) is 5.92 Å². The van der Waals surface area contributed by atoms with Crippen molar-refractivity contribution < 1.29 is 19.4 Å². The van der Waals surface area contributed by atoms with E-state index in [-0.39, 0.29) is 24.8 Å². The number of carbonyl (C=O) groups excluding carboxylic acids is 1. The van der Waals surface area contributed by atoms with Crippen molar-refractivity contribution in [1.29, 1.82) is 0 Å². The van der Waals surface area contributed by atoms with Crippen LogP contribution in [0.2, 0.25) is 0 Å². The van der Waals surface area contributed by atoms with E-state index in [1.165, 1.54) is 0 Å². The molecule has 3 rings (SSSR count). The minimum absolute atomic E-state index is 0.0743. The largest absolute Gasteiger partial charge is 0.497 e. The maximum absolute atomic E-state index is 12.5. The number of carboxylic acids is 1. The zero-order valence-corrected chi connectivity index (χ0v) is 14.8. The van der Waals surface area contributed by atoms with Gasteiger partial charge in [-0.25, -0.2) is 4.98 Å². The summed E-state index contributed by atoms with van der Waals surface area (Å²) in [6.07, 6.45) is 0.698. The molecule has 0 aliphatic carbocycles. The third kappa shape index (κ3) is 3.84. The lowest BCUT2D eigenvalue weighted by molar-refractivity contribution is -0.141. The normalized spacial score (nSPS) is 19.5. The number of carboxylic acid groups (broad SMARTS) is 1. The van der Waals surface area contributed by atoms with Gasteiger partial charge in [0.25, 0.3) is 0 Å². The number of benzene rings is 1. The topological polar surface area (TPSA) is 108 Å². The van der Waals surface area contributed by atoms with E-state index in [1.54, 1.807) is 18.9 Å². The van der Waals surface area contributed by atoms with E-state index in [0.29, 0.717) is 30.4 Å². The fourth-order valence-electron chi connectivity index (χ4n) is 3.32. The summed E-state index contributed by atoms with van der Waals surface area (Å²) in [6, 6.07) is 7.35. The monoisotopic (exact) mass is 358 g/mol. The number of aliphatic carboxylic acids is 1. The molecule has 2 aromatic rings. The van der Waals surface area contributed by atoms with Gasteiger partial charge in [0.1, 0.15) is 11.6 Å². The van der Waals surface area contributed by atoms with E-state index in [9.17, 15) is 14.7 Å². The second-order valence-corrected chi connectivity index (χ2v) is 6.46. The Morgan fingerprint density at radius 1 is 1.31 bits per heavy atom. The first kappa shape index (κ1) is 17.9. The Labute approximate surface area is 151 Å². The molecule has 0 bridgehead atoms. The molecule has 1 aromatic carbocycles. The summed E-state index contributed by atoms with van der Waals surface area (Å²) in [4.78, 5) is 30.0. The molecule has 26 heavy (non-hydrogen) atoms. The van der Waals surface area contributed by atoms with Crippen molar-refractivity contribution in [3.05, 3.63) is 41.5 Å². The summed E-state index contributed by atoms with van der Waals surface area (Å²) in [5, 5.41) is 16.3. The van der Waals surface area contributed by atoms with Crippen molar-refractivity contribution in [2.45, 2.75) is 25.7 Å². The highest BCUT2D eigenvalue weighted by Gasteiger charge is 2.40. The van der Waals surface area contributed by atoms with Crippen molar-refractivity contribution in [3.63, 3.8) is 0 Å². The van der Waals surface area contributed by atoms with Gasteiger partial charge in [0.2, 0.25) is 5.91 Å². The molecule has 1 aliphatic heterocycles. The van der Waals surface area contributed by atoms with Crippen LogP contribution in [0.15, 0.2) is 24.3 Å². The summed E-state index contributed by atoms with van der Waals surface area (Å²) in [5.41, 5.74) is 0.901. The highest BCUT2D eigenvalue weighted by molar-refractivity contribution is 5.79. The van der Waals surface area contributed by atoms with Crippen molar-refractivity contribution in [2.75, 3.05) is 20.2 Å². The van der Waals surface area contributed by atoms with E-state index in [4.69, 9.17) is 4.74 Å². The number of nitrogens with one attached hydrogen (secondary N) is 1. The highest BCUT2D eigenvalue weighted by Crippen LogP contribution is 2.34. The van der Waals surface area contributed by atoms with Crippen LogP contribution < -0.4 is 4.74 Å². The Kier molecular flexibility index (Phi) is 5.20. The van der Waals surface area contributed by atoms with Crippen LogP contribution in [0.1, 0.15) is 29.6 Å². The lowest BCUT2D eigenvalue weighted by Gasteiger charge is -2.16. The first-order valence-electron chi connectivity index (χ1n) is 8.50. The number of rotatable bonds is 6. The zero-order valence-electron chi connectivity index (χ0n) is 14.8. The van der Waals surface area contributed by atoms with Gasteiger partial charge < -0.3 is 14.7 Å². The first-order chi connectivity index (χ1) is 12.5. The van der Waals surface area contributed by atoms with Gasteiger partial charge in [-0.05, 0) is 24.6 Å². The molecule has 8 nitrogen and oxygen atoms in total. The molecule has 2 N–H and O–H groups in total. The number of H-pyrrole nitrogens is 1. The van der Waals surface area contributed by atoms with E-state index >= 15 is 0 Å². The standard InChI is InChI=1S/C18H22N4O4/c1-11-19-16(21-20-11)7-8-17(23)22-9-14(15(10-22)18(24)25)12-3-5-13(26-2)6-4-12/h3-6,14-15H,7-10H2,1-2H3,(H,24,25)(H,19,20,21)/t14-,15+/m0/s1. The second kappa shape index (κ2) is 7.55. The molecule has 8 heteroatoms. The number of aromatic amines is 1. The molecule has 1 saturated heterocycles. The molecule has 1 aromatic heterocycles. The van der Waals surface area contributed by atoms with Gasteiger partial charge in [0, 0.05) is 31.8 Å². The average Bonchev–Trinajstić information content (AvgIpc) is 3.26. The number of methoxy groups -OCH3 is 1. The molecular formula is C18H22N4O4. The van der Waals surface area contributed by atoms with Crippen LogP contribution in [0.4, 0.5) is 0 Å². The van der Waals surface area contributed by atoms with Crippen LogP contribution in [0.25, 0.3) is 0 Å². The van der Waals surface area contributed by atoms with Gasteiger partial charge in [-0.2, -0.15) is 5.10 Å². The number of aryl methyl sites for hydroxylation is 2. The van der Waals surface area contributed by atoms with Crippen LogP contribution in [-0.4, -0.2) is 57.3 Å². The summed E-state index contributed by atoms with van der Waals surface area (Å²) in [7, 11) is 1.58. The second-order valence-electron chi connectivity index (χ2n) is 6.46. The van der Waals surface area contributed by atoms with E-state index in [1.807, 2.05) is 24.3 Å². The van der Waals surface area contributed by atoms with Gasteiger partial charge in [0.15, 0.2) is 5.82 Å². The molecule has 0 unspecified atom stereocenters. The molecule has 2 atom stereocenters. The van der Waals surface area contributed by atoms with E-state index in [2.05, 4.69) is 15.2 Å². The summed E-state index contributed by atoms with van der Waals surface area (Å²) in [5.74, 6) is 0.218. The van der Waals surface area contributed by atoms with E-state index < -0.39 is 11.9 Å². The highest BCUT2D eigenvalue weighted by atomic mass is 16.5. The van der Waals surface area contributed by atoms with Gasteiger partial charge in [-0.3, -0.25) is 14.7 Å². The smallest absolute Gasteiger partial charge is 0.308 e. The molecule has 1 aliphatic rings. The fraction of sp³-hybridized carbons (Fsp3) is 0.444. The molecule has 1 fully saturated rings. The van der Waals surface area contributed by atoms with Crippen LogP contribution in [0.5, 0.6) is 5.75 Å². The summed E-state index contributed by atoms with van der Waals surface area (Å²) in [6.45, 7) is 2.42. The van der Waals surface area contributed by atoms with Crippen molar-refractivity contribution in [3.8, 4) is 5.75 Å². The summed E-state index contributed by atoms with van der Waals surface area (Å²) >= 11 is 0. The van der Waals surface area contributed by atoms with Crippen molar-refractivity contribution in [1.82, 2.24) is 20.1 Å². The van der Waals surface area contributed by atoms with Crippen molar-refractivity contribution >= 4 is 11.9 Å². The molecule has 138 valence electrons. The third-order valence-electron chi connectivity index (χ3n) is 4.74. The quantitative estimate of drug-likeness (QED) is 0.808. The van der Waals surface area contributed by atoms with Gasteiger partial charge in [0.05, 0.1) is 13.0 Å². The number of hydrogen-bond acceptors (Lipinski definition) is 5. The molecule has 1 amide bonds. The number of ether oxygens (including phenoxy) is 1. The number of likely N-dealkylation sites (tertiary alicyclic amines) is 1. The lowest BCUT2D eigenvalue weighted by atomic mass is 9.89. The molecule has 0 spiro atoms. The SMILES string of the molecule is COc1ccc([C@@H]2CN(C(=O)CCc3n[nH]c(C)n3)C[C@H]2C(=O)O)cc1. The molecule has 0 saturated carbocycles.